The molecule has 34 heavy (non-hydrogen) atoms. The van der Waals surface area contributed by atoms with Crippen LogP contribution in [0.2, 0.25) is 0 Å². The molecule has 1 amide bonds. The predicted octanol–water partition coefficient (Wildman–Crippen LogP) is 3.99. The van der Waals surface area contributed by atoms with Crippen molar-refractivity contribution in [1.82, 2.24) is 9.78 Å². The minimum Gasteiger partial charge on any atom is -0.492 e. The van der Waals surface area contributed by atoms with E-state index in [1.54, 1.807) is 49.4 Å². The lowest BCUT2D eigenvalue weighted by molar-refractivity contribution is -0.116. The van der Waals surface area contributed by atoms with Crippen LogP contribution in [0.5, 0.6) is 5.75 Å². The zero-order valence-corrected chi connectivity index (χ0v) is 20.0. The first-order valence-corrected chi connectivity index (χ1v) is 12.5. The fraction of sp³-hybridized carbons (Fsp3) is 0.292. The number of carbonyl (C=O) groups is 2. The fourth-order valence-electron chi connectivity index (χ4n) is 3.91. The van der Waals surface area contributed by atoms with E-state index in [4.69, 9.17) is 4.74 Å². The van der Waals surface area contributed by atoms with Crippen LogP contribution in [-0.2, 0) is 21.2 Å². The van der Waals surface area contributed by atoms with Gasteiger partial charge in [-0.3, -0.25) is 14.3 Å². The van der Waals surface area contributed by atoms with Gasteiger partial charge in [-0.1, -0.05) is 31.2 Å². The number of para-hydroxylation sites is 2. The van der Waals surface area contributed by atoms with Gasteiger partial charge < -0.3 is 10.1 Å². The Morgan fingerprint density at radius 3 is 2.62 bits per heavy atom. The van der Waals surface area contributed by atoms with Crippen LogP contribution in [0.15, 0.2) is 47.4 Å². The molecule has 0 saturated heterocycles. The molecule has 0 unspecified atom stereocenters. The second-order valence-corrected chi connectivity index (χ2v) is 9.54. The number of ether oxygens (including phenoxy) is 1. The summed E-state index contributed by atoms with van der Waals surface area (Å²) in [5.74, 6) is 0.124. The summed E-state index contributed by atoms with van der Waals surface area (Å²) in [6, 6.07) is 11.8. The molecule has 10 heteroatoms. The summed E-state index contributed by atoms with van der Waals surface area (Å²) >= 11 is 0. The second kappa shape index (κ2) is 9.30. The molecule has 3 aromatic rings. The summed E-state index contributed by atoms with van der Waals surface area (Å²) in [7, 11) is -3.98. The van der Waals surface area contributed by atoms with Crippen LogP contribution >= 0.6 is 0 Å². The average molecular weight is 483 g/mol. The van der Waals surface area contributed by atoms with Crippen LogP contribution in [-0.4, -0.2) is 36.6 Å². The number of amides is 1. The number of nitrogens with one attached hydrogen (secondary N) is 2. The molecule has 2 N–H and O–H groups in total. The van der Waals surface area contributed by atoms with Gasteiger partial charge >= 0.3 is 0 Å². The Balaban J connectivity index is 1.81. The number of aromatic nitrogens is 2. The molecule has 1 aliphatic heterocycles. The normalized spacial score (nSPS) is 13.7. The Morgan fingerprint density at radius 1 is 1.12 bits per heavy atom. The molecular weight excluding hydrogens is 456 g/mol. The SMILES string of the molecule is CCOc1ccccc1NS(=O)(=O)c1cc(-c2c(CC)nn3c2NC(=O)CCC3=O)ccc1C. The molecule has 1 aromatic heterocycles. The molecule has 178 valence electrons. The van der Waals surface area contributed by atoms with Crippen LogP contribution < -0.4 is 14.8 Å². The Bertz CT molecular complexity index is 1380. The maximum absolute atomic E-state index is 13.4. The van der Waals surface area contributed by atoms with Crippen LogP contribution in [0.25, 0.3) is 11.1 Å². The van der Waals surface area contributed by atoms with E-state index in [9.17, 15) is 18.0 Å². The van der Waals surface area contributed by atoms with Crippen molar-refractivity contribution in [1.29, 1.82) is 0 Å². The van der Waals surface area contributed by atoms with E-state index in [0.29, 0.717) is 46.8 Å². The highest BCUT2D eigenvalue weighted by Gasteiger charge is 2.28. The van der Waals surface area contributed by atoms with Gasteiger partial charge in [0.15, 0.2) is 0 Å². The van der Waals surface area contributed by atoms with Gasteiger partial charge in [0.2, 0.25) is 11.8 Å². The quantitative estimate of drug-likeness (QED) is 0.525. The van der Waals surface area contributed by atoms with E-state index in [2.05, 4.69) is 15.1 Å². The van der Waals surface area contributed by atoms with E-state index < -0.39 is 10.0 Å². The summed E-state index contributed by atoms with van der Waals surface area (Å²) in [6.07, 6.45) is 0.619. The van der Waals surface area contributed by atoms with Crippen molar-refractivity contribution in [2.45, 2.75) is 44.9 Å². The van der Waals surface area contributed by atoms with Gasteiger partial charge in [0.1, 0.15) is 11.6 Å². The summed E-state index contributed by atoms with van der Waals surface area (Å²) in [6.45, 7) is 5.81. The fourth-order valence-corrected chi connectivity index (χ4v) is 5.25. The Morgan fingerprint density at radius 2 is 1.88 bits per heavy atom. The third kappa shape index (κ3) is 4.41. The molecule has 0 aliphatic carbocycles. The monoisotopic (exact) mass is 482 g/mol. The zero-order chi connectivity index (χ0) is 24.5. The van der Waals surface area contributed by atoms with Gasteiger partial charge in [-0.25, -0.2) is 8.42 Å². The average Bonchev–Trinajstić information content (AvgIpc) is 3.10. The second-order valence-electron chi connectivity index (χ2n) is 7.89. The maximum atomic E-state index is 13.4. The number of anilines is 2. The molecular formula is C24H26N4O5S. The van der Waals surface area contributed by atoms with E-state index in [1.807, 2.05) is 13.8 Å². The Hall–Kier alpha value is -3.66. The Kier molecular flexibility index (Phi) is 6.43. The first-order chi connectivity index (χ1) is 16.2. The highest BCUT2D eigenvalue weighted by molar-refractivity contribution is 7.92. The largest absolute Gasteiger partial charge is 0.492 e. The maximum Gasteiger partial charge on any atom is 0.262 e. The number of carbonyl (C=O) groups excluding carboxylic acids is 2. The lowest BCUT2D eigenvalue weighted by Gasteiger charge is -2.15. The minimum atomic E-state index is -3.98. The Labute approximate surface area is 198 Å². The van der Waals surface area contributed by atoms with Crippen LogP contribution in [0.1, 0.15) is 42.7 Å². The first kappa shape index (κ1) is 23.5. The van der Waals surface area contributed by atoms with Crippen molar-refractivity contribution >= 4 is 33.3 Å². The summed E-state index contributed by atoms with van der Waals surface area (Å²) in [5.41, 5.74) is 2.55. The number of sulfonamides is 1. The summed E-state index contributed by atoms with van der Waals surface area (Å²) in [5, 5.41) is 7.17. The van der Waals surface area contributed by atoms with E-state index in [1.165, 1.54) is 4.68 Å². The molecule has 0 atom stereocenters. The van der Waals surface area contributed by atoms with Crippen LogP contribution in [0, 0.1) is 6.92 Å². The number of nitrogens with zero attached hydrogens (tertiary/aromatic N) is 2. The van der Waals surface area contributed by atoms with Crippen molar-refractivity contribution in [3.05, 3.63) is 53.7 Å². The number of benzene rings is 2. The van der Waals surface area contributed by atoms with Crippen molar-refractivity contribution in [3.8, 4) is 16.9 Å². The number of fused-ring (bicyclic) bond motifs is 1. The molecule has 2 heterocycles. The number of hydrogen-bond acceptors (Lipinski definition) is 6. The van der Waals surface area contributed by atoms with Crippen LogP contribution in [0.3, 0.4) is 0 Å². The topological polar surface area (TPSA) is 119 Å². The molecule has 0 radical (unpaired) electrons. The molecule has 2 aromatic carbocycles. The molecule has 0 bridgehead atoms. The zero-order valence-electron chi connectivity index (χ0n) is 19.2. The lowest BCUT2D eigenvalue weighted by Crippen LogP contribution is -2.15. The summed E-state index contributed by atoms with van der Waals surface area (Å²) < 4.78 is 36.2. The lowest BCUT2D eigenvalue weighted by atomic mass is 10.0. The van der Waals surface area contributed by atoms with Crippen molar-refractivity contribution in [2.24, 2.45) is 0 Å². The molecule has 0 saturated carbocycles. The third-order valence-corrected chi connectivity index (χ3v) is 7.06. The number of rotatable bonds is 7. The van der Waals surface area contributed by atoms with Gasteiger partial charge in [-0.05, 0) is 49.6 Å². The van der Waals surface area contributed by atoms with Crippen molar-refractivity contribution in [2.75, 3.05) is 16.6 Å². The smallest absolute Gasteiger partial charge is 0.262 e. The standard InChI is InChI=1S/C24H26N4O5S/c1-4-17-23(24-25-21(29)12-13-22(30)28(24)26-17)16-11-10-15(3)20(14-16)34(31,32)27-18-8-6-7-9-19(18)33-5-2/h6-11,14,27H,4-5,12-13H2,1-3H3,(H,25,29). The number of hydrogen-bond donors (Lipinski definition) is 2. The molecule has 0 fully saturated rings. The van der Waals surface area contributed by atoms with E-state index in [0.717, 1.165) is 0 Å². The summed E-state index contributed by atoms with van der Waals surface area (Å²) in [4.78, 5) is 24.8. The van der Waals surface area contributed by atoms with E-state index in [-0.39, 0.29) is 35.4 Å². The predicted molar refractivity (Wildman–Crippen MR) is 129 cm³/mol. The minimum absolute atomic E-state index is 0.0554. The van der Waals surface area contributed by atoms with Crippen LogP contribution in [0.4, 0.5) is 11.5 Å². The highest BCUT2D eigenvalue weighted by atomic mass is 32.2. The first-order valence-electron chi connectivity index (χ1n) is 11.1. The molecule has 1 aliphatic rings. The third-order valence-electron chi connectivity index (χ3n) is 5.55. The van der Waals surface area contributed by atoms with Crippen molar-refractivity contribution < 1.29 is 22.7 Å². The van der Waals surface area contributed by atoms with E-state index >= 15 is 0 Å². The van der Waals surface area contributed by atoms with Gasteiger partial charge in [-0.2, -0.15) is 9.78 Å². The van der Waals surface area contributed by atoms with Gasteiger partial charge in [0.05, 0.1) is 22.9 Å². The van der Waals surface area contributed by atoms with Gasteiger partial charge in [0, 0.05) is 18.4 Å². The molecule has 4 rings (SSSR count). The van der Waals surface area contributed by atoms with Gasteiger partial charge in [0.25, 0.3) is 10.0 Å². The van der Waals surface area contributed by atoms with Crippen molar-refractivity contribution in [3.63, 3.8) is 0 Å². The highest BCUT2D eigenvalue weighted by Crippen LogP contribution is 2.36. The number of aryl methyl sites for hydroxylation is 2. The molecule has 9 nitrogen and oxygen atoms in total. The molecule has 0 spiro atoms. The van der Waals surface area contributed by atoms with Gasteiger partial charge in [-0.15, -0.1) is 0 Å².